The summed E-state index contributed by atoms with van der Waals surface area (Å²) in [5.41, 5.74) is 2.95. The Morgan fingerprint density at radius 3 is 2.15 bits per heavy atom. The topological polar surface area (TPSA) is 96.0 Å². The summed E-state index contributed by atoms with van der Waals surface area (Å²) >= 11 is 0. The van der Waals surface area contributed by atoms with Gasteiger partial charge in [0, 0.05) is 12.6 Å². The van der Waals surface area contributed by atoms with E-state index in [1.54, 1.807) is 45.2 Å². The molecule has 0 aromatic heterocycles. The van der Waals surface area contributed by atoms with Gasteiger partial charge in [-0.25, -0.2) is 8.42 Å². The molecule has 186 valence electrons. The molecule has 0 bridgehead atoms. The van der Waals surface area contributed by atoms with Crippen LogP contribution < -0.4 is 14.4 Å². The lowest BCUT2D eigenvalue weighted by atomic mass is 10.1. The summed E-state index contributed by atoms with van der Waals surface area (Å²) in [6.45, 7) is 8.76. The van der Waals surface area contributed by atoms with Gasteiger partial charge in [0.25, 0.3) is 0 Å². The molecule has 0 saturated carbocycles. The average molecular weight is 490 g/mol. The third kappa shape index (κ3) is 7.21. The zero-order valence-corrected chi connectivity index (χ0v) is 21.8. The fourth-order valence-corrected chi connectivity index (χ4v) is 4.50. The van der Waals surface area contributed by atoms with Gasteiger partial charge in [0.2, 0.25) is 21.8 Å². The number of benzene rings is 2. The normalized spacial score (nSPS) is 12.2. The van der Waals surface area contributed by atoms with Gasteiger partial charge >= 0.3 is 0 Å². The number of hydrogen-bond acceptors (Lipinski definition) is 5. The number of methoxy groups -OCH3 is 1. The molecule has 1 N–H and O–H groups in total. The highest BCUT2D eigenvalue weighted by atomic mass is 32.2. The van der Waals surface area contributed by atoms with E-state index in [9.17, 15) is 18.0 Å². The van der Waals surface area contributed by atoms with Crippen LogP contribution in [0.3, 0.4) is 0 Å². The summed E-state index contributed by atoms with van der Waals surface area (Å²) in [4.78, 5) is 27.7. The number of anilines is 1. The van der Waals surface area contributed by atoms with Crippen LogP contribution in [-0.4, -0.2) is 57.1 Å². The fraction of sp³-hybridized carbons (Fsp3) is 0.440. The second-order valence-electron chi connectivity index (χ2n) is 8.77. The number of rotatable bonds is 10. The molecule has 0 aliphatic heterocycles. The highest BCUT2D eigenvalue weighted by Gasteiger charge is 2.30. The molecular weight excluding hydrogens is 454 g/mol. The molecule has 8 nitrogen and oxygen atoms in total. The Labute approximate surface area is 202 Å². The van der Waals surface area contributed by atoms with Crippen molar-refractivity contribution in [2.75, 3.05) is 24.2 Å². The first-order chi connectivity index (χ1) is 15.8. The molecule has 0 heterocycles. The van der Waals surface area contributed by atoms with Crippen LogP contribution in [-0.2, 0) is 26.2 Å². The molecule has 2 aromatic carbocycles. The lowest BCUT2D eigenvalue weighted by Crippen LogP contribution is -2.52. The van der Waals surface area contributed by atoms with Crippen molar-refractivity contribution in [3.05, 3.63) is 59.2 Å². The molecule has 34 heavy (non-hydrogen) atoms. The Hall–Kier alpha value is -3.07. The molecule has 2 rings (SSSR count). The number of amides is 2. The van der Waals surface area contributed by atoms with E-state index in [4.69, 9.17) is 4.74 Å². The zero-order chi connectivity index (χ0) is 25.6. The number of ether oxygens (including phenoxy) is 1. The summed E-state index contributed by atoms with van der Waals surface area (Å²) in [7, 11) is -2.19. The molecule has 0 aliphatic rings. The number of hydrogen-bond donors (Lipinski definition) is 1. The molecule has 0 aliphatic carbocycles. The van der Waals surface area contributed by atoms with Crippen molar-refractivity contribution < 1.29 is 22.7 Å². The molecule has 0 unspecified atom stereocenters. The summed E-state index contributed by atoms with van der Waals surface area (Å²) in [5.74, 6) is -0.118. The van der Waals surface area contributed by atoms with Crippen LogP contribution >= 0.6 is 0 Å². The minimum Gasteiger partial charge on any atom is -0.497 e. The fourth-order valence-electron chi connectivity index (χ4n) is 3.60. The Balaban J connectivity index is 2.41. The van der Waals surface area contributed by atoms with Crippen LogP contribution in [0.2, 0.25) is 0 Å². The quantitative estimate of drug-likeness (QED) is 0.554. The molecule has 0 saturated heterocycles. The molecule has 0 radical (unpaired) electrons. The summed E-state index contributed by atoms with van der Waals surface area (Å²) in [5, 5.41) is 2.83. The second kappa shape index (κ2) is 11.4. The number of nitrogens with zero attached hydrogens (tertiary/aromatic N) is 2. The Morgan fingerprint density at radius 2 is 1.65 bits per heavy atom. The predicted molar refractivity (Wildman–Crippen MR) is 134 cm³/mol. The van der Waals surface area contributed by atoms with Crippen molar-refractivity contribution in [2.45, 2.75) is 53.2 Å². The van der Waals surface area contributed by atoms with E-state index in [1.807, 2.05) is 39.0 Å². The van der Waals surface area contributed by atoms with E-state index < -0.39 is 28.5 Å². The largest absolute Gasteiger partial charge is 0.497 e. The minimum atomic E-state index is -3.76. The monoisotopic (exact) mass is 489 g/mol. The van der Waals surface area contributed by atoms with Gasteiger partial charge in [0.15, 0.2) is 0 Å². The van der Waals surface area contributed by atoms with E-state index in [0.717, 1.165) is 27.3 Å². The maximum absolute atomic E-state index is 13.5. The maximum Gasteiger partial charge on any atom is 0.244 e. The zero-order valence-electron chi connectivity index (χ0n) is 21.0. The third-order valence-electron chi connectivity index (χ3n) is 5.41. The average Bonchev–Trinajstić information content (AvgIpc) is 2.75. The third-order valence-corrected chi connectivity index (χ3v) is 6.54. The van der Waals surface area contributed by atoms with Gasteiger partial charge in [-0.1, -0.05) is 29.8 Å². The van der Waals surface area contributed by atoms with E-state index in [-0.39, 0.29) is 18.5 Å². The van der Waals surface area contributed by atoms with Crippen molar-refractivity contribution in [3.8, 4) is 5.75 Å². The number of carbonyl (C=O) groups excluding carboxylic acids is 2. The number of aryl methyl sites for hydroxylation is 2. The lowest BCUT2D eigenvalue weighted by molar-refractivity contribution is -0.139. The van der Waals surface area contributed by atoms with Gasteiger partial charge in [-0.05, 0) is 63.9 Å². The van der Waals surface area contributed by atoms with Gasteiger partial charge in [0.05, 0.1) is 19.1 Å². The van der Waals surface area contributed by atoms with Gasteiger partial charge < -0.3 is 15.0 Å². The number of carbonyl (C=O) groups is 2. The van der Waals surface area contributed by atoms with Crippen molar-refractivity contribution in [1.29, 1.82) is 0 Å². The first kappa shape index (κ1) is 27.2. The van der Waals surface area contributed by atoms with E-state index in [0.29, 0.717) is 11.4 Å². The van der Waals surface area contributed by atoms with Crippen molar-refractivity contribution in [3.63, 3.8) is 0 Å². The first-order valence-electron chi connectivity index (χ1n) is 11.1. The predicted octanol–water partition coefficient (Wildman–Crippen LogP) is 3.02. The van der Waals surface area contributed by atoms with Crippen molar-refractivity contribution in [2.24, 2.45) is 0 Å². The van der Waals surface area contributed by atoms with Crippen LogP contribution in [0.15, 0.2) is 42.5 Å². The molecule has 9 heteroatoms. The number of nitrogens with one attached hydrogen (secondary N) is 1. The van der Waals surface area contributed by atoms with Crippen LogP contribution in [0, 0.1) is 13.8 Å². The van der Waals surface area contributed by atoms with Gasteiger partial charge in [-0.15, -0.1) is 0 Å². The van der Waals surface area contributed by atoms with Crippen LogP contribution in [0.5, 0.6) is 5.75 Å². The van der Waals surface area contributed by atoms with Crippen LogP contribution in [0.25, 0.3) is 0 Å². The van der Waals surface area contributed by atoms with E-state index in [2.05, 4.69) is 5.32 Å². The summed E-state index contributed by atoms with van der Waals surface area (Å²) in [6, 6.07) is 11.6. The highest BCUT2D eigenvalue weighted by molar-refractivity contribution is 7.92. The van der Waals surface area contributed by atoms with Gasteiger partial charge in [0.1, 0.15) is 18.3 Å². The minimum absolute atomic E-state index is 0.101. The summed E-state index contributed by atoms with van der Waals surface area (Å²) in [6.07, 6.45) is 1.07. The second-order valence-corrected chi connectivity index (χ2v) is 10.7. The maximum atomic E-state index is 13.5. The molecule has 2 aromatic rings. The first-order valence-corrected chi connectivity index (χ1v) is 13.0. The smallest absolute Gasteiger partial charge is 0.244 e. The van der Waals surface area contributed by atoms with E-state index in [1.165, 1.54) is 4.90 Å². The summed E-state index contributed by atoms with van der Waals surface area (Å²) < 4.78 is 31.6. The van der Waals surface area contributed by atoms with Crippen molar-refractivity contribution >= 4 is 27.5 Å². The Kier molecular flexibility index (Phi) is 9.09. The van der Waals surface area contributed by atoms with Gasteiger partial charge in [-0.3, -0.25) is 13.9 Å². The lowest BCUT2D eigenvalue weighted by Gasteiger charge is -2.32. The molecule has 2 amide bonds. The Morgan fingerprint density at radius 1 is 1.03 bits per heavy atom. The van der Waals surface area contributed by atoms with Crippen LogP contribution in [0.4, 0.5) is 5.69 Å². The SMILES string of the molecule is COc1ccc(CN(C(=O)CN(c2ccc(C)cc2C)S(C)(=O)=O)[C@H](C)C(=O)NC(C)C)cc1. The number of sulfonamides is 1. The van der Waals surface area contributed by atoms with Crippen LogP contribution in [0.1, 0.15) is 37.5 Å². The van der Waals surface area contributed by atoms with Gasteiger partial charge in [-0.2, -0.15) is 0 Å². The molecule has 1 atom stereocenters. The van der Waals surface area contributed by atoms with Crippen molar-refractivity contribution in [1.82, 2.24) is 10.2 Å². The molecule has 0 spiro atoms. The van der Waals surface area contributed by atoms with E-state index >= 15 is 0 Å². The standard InChI is InChI=1S/C25H35N3O5S/c1-17(2)26-25(30)20(5)27(15-21-9-11-22(33-6)12-10-21)24(29)16-28(34(7,31)32)23-13-8-18(3)14-19(23)4/h8-14,17,20H,15-16H2,1-7H3,(H,26,30)/t20-/m1/s1. The highest BCUT2D eigenvalue weighted by Crippen LogP contribution is 2.24. The molecular formula is C25H35N3O5S. The molecule has 0 fully saturated rings. The Bertz CT molecular complexity index is 1110.